The molecule has 4 heteroatoms. The number of rotatable bonds is 6. The lowest BCUT2D eigenvalue weighted by Gasteiger charge is -2.22. The number of nitrogens with zero attached hydrogens (tertiary/aromatic N) is 2. The van der Waals surface area contributed by atoms with Crippen LogP contribution >= 0.6 is 11.8 Å². The van der Waals surface area contributed by atoms with Gasteiger partial charge >= 0.3 is 0 Å². The van der Waals surface area contributed by atoms with E-state index in [1.807, 2.05) is 17.8 Å². The van der Waals surface area contributed by atoms with Crippen molar-refractivity contribution < 1.29 is 0 Å². The van der Waals surface area contributed by atoms with Crippen molar-refractivity contribution in [1.29, 1.82) is 0 Å². The predicted octanol–water partition coefficient (Wildman–Crippen LogP) is 2.84. The molecule has 0 aromatic heterocycles. The van der Waals surface area contributed by atoms with Gasteiger partial charge < -0.3 is 10.2 Å². The number of hydrogen-bond acceptors (Lipinski definition) is 2. The maximum absolute atomic E-state index is 4.69. The van der Waals surface area contributed by atoms with Crippen LogP contribution in [0.4, 0.5) is 0 Å². The summed E-state index contributed by atoms with van der Waals surface area (Å²) in [5, 5.41) is 3.90. The minimum atomic E-state index is 0.554. The first-order valence-corrected chi connectivity index (χ1v) is 8.02. The Morgan fingerprint density at radius 1 is 1.37 bits per heavy atom. The first kappa shape index (κ1) is 15.9. The lowest BCUT2D eigenvalue weighted by atomic mass is 10.2. The number of nitrogens with one attached hydrogen (secondary N) is 1. The summed E-state index contributed by atoms with van der Waals surface area (Å²) in [7, 11) is 2.08. The molecule has 1 rings (SSSR count). The molecule has 106 valence electrons. The largest absolute Gasteiger partial charge is 0.357 e. The third kappa shape index (κ3) is 6.01. The second-order valence-electron chi connectivity index (χ2n) is 4.58. The molecule has 19 heavy (non-hydrogen) atoms. The van der Waals surface area contributed by atoms with Gasteiger partial charge in [0.1, 0.15) is 0 Å². The topological polar surface area (TPSA) is 27.6 Å². The van der Waals surface area contributed by atoms with Crippen molar-refractivity contribution >= 4 is 17.7 Å². The molecule has 0 spiro atoms. The fourth-order valence-corrected chi connectivity index (χ4v) is 1.92. The van der Waals surface area contributed by atoms with Gasteiger partial charge in [-0.05, 0) is 18.7 Å². The SMILES string of the molecule is CCNC(=NCC(C)SC)N(C)Cc1ccccc1. The van der Waals surface area contributed by atoms with E-state index < -0.39 is 0 Å². The van der Waals surface area contributed by atoms with E-state index in [2.05, 4.69) is 61.6 Å². The number of aliphatic imine (C=N–C) groups is 1. The Balaban J connectivity index is 2.64. The highest BCUT2D eigenvalue weighted by Crippen LogP contribution is 2.06. The lowest BCUT2D eigenvalue weighted by Crippen LogP contribution is -2.38. The molecule has 0 saturated carbocycles. The standard InChI is InChI=1S/C15H25N3S/c1-5-16-15(17-11-13(2)19-4)18(3)12-14-9-7-6-8-10-14/h6-10,13H,5,11-12H2,1-4H3,(H,16,17). The van der Waals surface area contributed by atoms with Crippen LogP contribution < -0.4 is 5.32 Å². The van der Waals surface area contributed by atoms with E-state index in [0.717, 1.165) is 25.6 Å². The molecule has 0 bridgehead atoms. The molecule has 1 unspecified atom stereocenters. The molecule has 3 nitrogen and oxygen atoms in total. The van der Waals surface area contributed by atoms with Crippen LogP contribution in [0, 0.1) is 0 Å². The summed E-state index contributed by atoms with van der Waals surface area (Å²) in [6.45, 7) is 6.92. The zero-order chi connectivity index (χ0) is 14.1. The summed E-state index contributed by atoms with van der Waals surface area (Å²) in [6.07, 6.45) is 2.13. The molecule has 1 aromatic rings. The Bertz CT molecular complexity index is 378. The normalized spacial score (nSPS) is 13.2. The maximum Gasteiger partial charge on any atom is 0.193 e. The van der Waals surface area contributed by atoms with E-state index >= 15 is 0 Å². The first-order chi connectivity index (χ1) is 9.17. The molecular weight excluding hydrogens is 254 g/mol. The van der Waals surface area contributed by atoms with Gasteiger partial charge in [0, 0.05) is 25.4 Å². The highest BCUT2D eigenvalue weighted by molar-refractivity contribution is 7.99. The molecule has 0 amide bonds. The highest BCUT2D eigenvalue weighted by Gasteiger charge is 2.07. The van der Waals surface area contributed by atoms with E-state index in [1.54, 1.807) is 0 Å². The van der Waals surface area contributed by atoms with Gasteiger partial charge in [-0.3, -0.25) is 4.99 Å². The third-order valence-corrected chi connectivity index (χ3v) is 3.81. The quantitative estimate of drug-likeness (QED) is 0.641. The van der Waals surface area contributed by atoms with E-state index in [4.69, 9.17) is 4.99 Å². The highest BCUT2D eigenvalue weighted by atomic mass is 32.2. The molecule has 0 heterocycles. The van der Waals surface area contributed by atoms with Crippen molar-refractivity contribution in [2.24, 2.45) is 4.99 Å². The average molecular weight is 279 g/mol. The fraction of sp³-hybridized carbons (Fsp3) is 0.533. The molecule has 0 radical (unpaired) electrons. The van der Waals surface area contributed by atoms with E-state index in [-0.39, 0.29) is 0 Å². The van der Waals surface area contributed by atoms with Crippen molar-refractivity contribution in [2.45, 2.75) is 25.6 Å². The maximum atomic E-state index is 4.69. The van der Waals surface area contributed by atoms with Crippen molar-refractivity contribution in [3.05, 3.63) is 35.9 Å². The van der Waals surface area contributed by atoms with E-state index in [1.165, 1.54) is 5.56 Å². The Labute approximate surface area is 121 Å². The minimum absolute atomic E-state index is 0.554. The summed E-state index contributed by atoms with van der Waals surface area (Å²) >= 11 is 1.85. The molecule has 1 aromatic carbocycles. The van der Waals surface area contributed by atoms with Crippen LogP contribution in [0.3, 0.4) is 0 Å². The third-order valence-electron chi connectivity index (χ3n) is 2.86. The van der Waals surface area contributed by atoms with Crippen LogP contribution in [0.15, 0.2) is 35.3 Å². The van der Waals surface area contributed by atoms with Gasteiger partial charge in [-0.1, -0.05) is 37.3 Å². The molecule has 0 fully saturated rings. The monoisotopic (exact) mass is 279 g/mol. The lowest BCUT2D eigenvalue weighted by molar-refractivity contribution is 0.477. The average Bonchev–Trinajstić information content (AvgIpc) is 2.44. The number of guanidine groups is 1. The second kappa shape index (κ2) is 8.86. The minimum Gasteiger partial charge on any atom is -0.357 e. The predicted molar refractivity (Wildman–Crippen MR) is 86.9 cm³/mol. The van der Waals surface area contributed by atoms with Crippen LogP contribution in [-0.4, -0.2) is 42.5 Å². The summed E-state index contributed by atoms with van der Waals surface area (Å²) < 4.78 is 0. The summed E-state index contributed by atoms with van der Waals surface area (Å²) in [5.74, 6) is 0.979. The molecule has 1 N–H and O–H groups in total. The zero-order valence-corrected chi connectivity index (χ0v) is 13.2. The summed E-state index contributed by atoms with van der Waals surface area (Å²) in [4.78, 5) is 6.86. The Hall–Kier alpha value is -1.16. The van der Waals surface area contributed by atoms with Gasteiger partial charge in [-0.25, -0.2) is 0 Å². The van der Waals surface area contributed by atoms with Gasteiger partial charge in [-0.2, -0.15) is 11.8 Å². The van der Waals surface area contributed by atoms with E-state index in [9.17, 15) is 0 Å². The van der Waals surface area contributed by atoms with Crippen LogP contribution in [0.5, 0.6) is 0 Å². The number of benzene rings is 1. The van der Waals surface area contributed by atoms with Crippen LogP contribution in [0.25, 0.3) is 0 Å². The summed E-state index contributed by atoms with van der Waals surface area (Å²) in [5.41, 5.74) is 1.30. The van der Waals surface area contributed by atoms with Gasteiger partial charge in [-0.15, -0.1) is 0 Å². The van der Waals surface area contributed by atoms with Crippen LogP contribution in [-0.2, 0) is 6.54 Å². The van der Waals surface area contributed by atoms with Gasteiger partial charge in [0.15, 0.2) is 5.96 Å². The second-order valence-corrected chi connectivity index (χ2v) is 5.86. The molecular formula is C15H25N3S. The molecule has 0 saturated heterocycles. The van der Waals surface area contributed by atoms with Crippen molar-refractivity contribution in [2.75, 3.05) is 26.4 Å². The van der Waals surface area contributed by atoms with Crippen molar-refractivity contribution in [3.63, 3.8) is 0 Å². The summed E-state index contributed by atoms with van der Waals surface area (Å²) in [6, 6.07) is 10.5. The number of hydrogen-bond donors (Lipinski definition) is 1. The first-order valence-electron chi connectivity index (χ1n) is 6.73. The number of thioether (sulfide) groups is 1. The van der Waals surface area contributed by atoms with Crippen LogP contribution in [0.2, 0.25) is 0 Å². The van der Waals surface area contributed by atoms with Gasteiger partial charge in [0.25, 0.3) is 0 Å². The smallest absolute Gasteiger partial charge is 0.193 e. The Kier molecular flexibility index (Phi) is 7.41. The molecule has 0 aliphatic heterocycles. The molecule has 0 aliphatic rings. The van der Waals surface area contributed by atoms with E-state index in [0.29, 0.717) is 5.25 Å². The fourth-order valence-electron chi connectivity index (χ4n) is 1.69. The van der Waals surface area contributed by atoms with Crippen LogP contribution in [0.1, 0.15) is 19.4 Å². The Morgan fingerprint density at radius 3 is 2.63 bits per heavy atom. The Morgan fingerprint density at radius 2 is 2.05 bits per heavy atom. The van der Waals surface area contributed by atoms with Gasteiger partial charge in [0.05, 0.1) is 6.54 Å². The van der Waals surface area contributed by atoms with Crippen molar-refractivity contribution in [1.82, 2.24) is 10.2 Å². The molecule has 1 atom stereocenters. The molecule has 0 aliphatic carbocycles. The van der Waals surface area contributed by atoms with Gasteiger partial charge in [0.2, 0.25) is 0 Å². The zero-order valence-electron chi connectivity index (χ0n) is 12.4. The van der Waals surface area contributed by atoms with Crippen molar-refractivity contribution in [3.8, 4) is 0 Å².